The lowest BCUT2D eigenvalue weighted by molar-refractivity contribution is -0.114. The number of hydrogen-bond acceptors (Lipinski definition) is 7. The number of nitrogens with one attached hydrogen (secondary N) is 2. The zero-order valence-corrected chi connectivity index (χ0v) is 22.3. The maximum absolute atomic E-state index is 13.5. The summed E-state index contributed by atoms with van der Waals surface area (Å²) in [6.45, 7) is 2.09. The average molecular weight is 529 g/mol. The van der Waals surface area contributed by atoms with Gasteiger partial charge in [-0.1, -0.05) is 0 Å². The molecule has 2 aliphatic rings. The average Bonchev–Trinajstić information content (AvgIpc) is 3.69. The van der Waals surface area contributed by atoms with Gasteiger partial charge in [0.1, 0.15) is 23.0 Å². The molecule has 1 amide bonds. The molecule has 1 unspecified atom stereocenters. The predicted octanol–water partition coefficient (Wildman–Crippen LogP) is 4.93. The Bertz CT molecular complexity index is 1600. The van der Waals surface area contributed by atoms with Crippen molar-refractivity contribution in [2.24, 2.45) is 13.0 Å². The number of carbonyl (C=O) groups is 1. The monoisotopic (exact) mass is 528 g/mol. The van der Waals surface area contributed by atoms with E-state index in [1.807, 2.05) is 46.6 Å². The molecule has 10 nitrogen and oxygen atoms in total. The van der Waals surface area contributed by atoms with Crippen LogP contribution < -0.4 is 20.9 Å². The predicted molar refractivity (Wildman–Crippen MR) is 149 cm³/mol. The number of hydrogen-bond donors (Lipinski definition) is 2. The maximum atomic E-state index is 13.5. The van der Waals surface area contributed by atoms with Gasteiger partial charge in [-0.05, 0) is 61.4 Å². The normalized spacial score (nSPS) is 18.5. The number of benzene rings is 1. The standard InChI is InChI=1S/C29H32N6O4/c1-17(36)31-27-14-22(10-11-30-27)39-21-7-8-23-25(13-21)34(2)29(32-23)33-24-12-20(18-4-5-18)16-35(28(24)37)15-19-6-9-26(19)38-3/h7-8,10-14,16,18-19,26H,4-6,9,15H2,1-3H3,(H,32,33)(H,30,31,36)/t19?,26-/m0/s1. The van der Waals surface area contributed by atoms with Gasteiger partial charge in [-0.15, -0.1) is 0 Å². The Morgan fingerprint density at radius 2 is 1.92 bits per heavy atom. The van der Waals surface area contributed by atoms with Gasteiger partial charge in [0.15, 0.2) is 0 Å². The number of anilines is 3. The van der Waals surface area contributed by atoms with Gasteiger partial charge < -0.3 is 29.2 Å². The third kappa shape index (κ3) is 5.24. The van der Waals surface area contributed by atoms with Crippen molar-refractivity contribution in [3.63, 3.8) is 0 Å². The number of pyridine rings is 2. The second kappa shape index (κ2) is 10.2. The van der Waals surface area contributed by atoms with Crippen LogP contribution >= 0.6 is 0 Å². The Kier molecular flexibility index (Phi) is 6.56. The van der Waals surface area contributed by atoms with E-state index in [-0.39, 0.29) is 17.6 Å². The fourth-order valence-corrected chi connectivity index (χ4v) is 5.16. The third-order valence-corrected chi connectivity index (χ3v) is 7.61. The summed E-state index contributed by atoms with van der Waals surface area (Å²) < 4.78 is 15.4. The molecule has 3 heterocycles. The van der Waals surface area contributed by atoms with Crippen molar-refractivity contribution in [3.8, 4) is 11.5 Å². The number of carbonyl (C=O) groups excluding carboxylic acids is 1. The lowest BCUT2D eigenvalue weighted by Gasteiger charge is -2.35. The number of nitrogens with zero attached hydrogens (tertiary/aromatic N) is 4. The molecule has 2 N–H and O–H groups in total. The molecule has 6 rings (SSSR count). The van der Waals surface area contributed by atoms with E-state index < -0.39 is 0 Å². The minimum atomic E-state index is -0.201. The molecular formula is C29H32N6O4. The summed E-state index contributed by atoms with van der Waals surface area (Å²) in [7, 11) is 3.65. The van der Waals surface area contributed by atoms with Gasteiger partial charge >= 0.3 is 0 Å². The number of imidazole rings is 1. The highest BCUT2D eigenvalue weighted by Crippen LogP contribution is 2.41. The van der Waals surface area contributed by atoms with Crippen molar-refractivity contribution < 1.29 is 14.3 Å². The van der Waals surface area contributed by atoms with Crippen LogP contribution in [0.2, 0.25) is 0 Å². The number of rotatable bonds is 9. The first kappa shape index (κ1) is 25.1. The molecule has 4 aromatic rings. The molecule has 0 spiro atoms. The van der Waals surface area contributed by atoms with Gasteiger partial charge in [-0.2, -0.15) is 0 Å². The van der Waals surface area contributed by atoms with Crippen LogP contribution in [0.5, 0.6) is 11.5 Å². The van der Waals surface area contributed by atoms with Crippen molar-refractivity contribution in [1.29, 1.82) is 0 Å². The van der Waals surface area contributed by atoms with Crippen LogP contribution in [0, 0.1) is 5.92 Å². The Morgan fingerprint density at radius 3 is 2.64 bits per heavy atom. The molecule has 1 aromatic carbocycles. The second-order valence-corrected chi connectivity index (χ2v) is 10.5. The molecule has 2 saturated carbocycles. The van der Waals surface area contributed by atoms with Crippen molar-refractivity contribution in [2.45, 2.75) is 51.2 Å². The van der Waals surface area contributed by atoms with Crippen LogP contribution in [0.25, 0.3) is 11.0 Å². The van der Waals surface area contributed by atoms with Crippen molar-refractivity contribution in [2.75, 3.05) is 17.7 Å². The molecule has 0 radical (unpaired) electrons. The van der Waals surface area contributed by atoms with Crippen LogP contribution in [0.4, 0.5) is 17.5 Å². The first-order valence-electron chi connectivity index (χ1n) is 13.3. The van der Waals surface area contributed by atoms with Crippen molar-refractivity contribution in [1.82, 2.24) is 19.1 Å². The zero-order chi connectivity index (χ0) is 27.1. The van der Waals surface area contributed by atoms with Crippen LogP contribution in [-0.4, -0.2) is 38.2 Å². The van der Waals surface area contributed by atoms with Crippen molar-refractivity contribution >= 4 is 34.4 Å². The van der Waals surface area contributed by atoms with E-state index in [1.54, 1.807) is 25.4 Å². The number of ether oxygens (including phenoxy) is 2. The zero-order valence-electron chi connectivity index (χ0n) is 22.3. The molecule has 2 aliphatic carbocycles. The number of aromatic nitrogens is 4. The molecule has 202 valence electrons. The second-order valence-electron chi connectivity index (χ2n) is 10.5. The third-order valence-electron chi connectivity index (χ3n) is 7.61. The summed E-state index contributed by atoms with van der Waals surface area (Å²) in [5.41, 5.74) is 3.30. The van der Waals surface area contributed by atoms with Gasteiger partial charge in [0, 0.05) is 58.1 Å². The Labute approximate surface area is 226 Å². The molecule has 10 heteroatoms. The Hall–Kier alpha value is -4.18. The van der Waals surface area contributed by atoms with E-state index in [9.17, 15) is 9.59 Å². The van der Waals surface area contributed by atoms with E-state index in [4.69, 9.17) is 14.5 Å². The minimum absolute atomic E-state index is 0.0510. The number of aryl methyl sites for hydroxylation is 1. The van der Waals surface area contributed by atoms with Gasteiger partial charge in [-0.3, -0.25) is 9.59 Å². The van der Waals surface area contributed by atoms with E-state index in [0.29, 0.717) is 47.3 Å². The maximum Gasteiger partial charge on any atom is 0.274 e. The molecular weight excluding hydrogens is 496 g/mol. The minimum Gasteiger partial charge on any atom is -0.457 e. The first-order valence-corrected chi connectivity index (χ1v) is 13.3. The van der Waals surface area contributed by atoms with E-state index in [0.717, 1.165) is 36.7 Å². The summed E-state index contributed by atoms with van der Waals surface area (Å²) in [6.07, 6.45) is 8.26. The molecule has 39 heavy (non-hydrogen) atoms. The van der Waals surface area contributed by atoms with Gasteiger partial charge in [-0.25, -0.2) is 9.97 Å². The van der Waals surface area contributed by atoms with E-state index in [2.05, 4.69) is 15.6 Å². The quantitative estimate of drug-likeness (QED) is 0.317. The highest BCUT2D eigenvalue weighted by Gasteiger charge is 2.32. The van der Waals surface area contributed by atoms with E-state index >= 15 is 0 Å². The molecule has 0 aliphatic heterocycles. The summed E-state index contributed by atoms with van der Waals surface area (Å²) in [6, 6.07) is 11.0. The highest BCUT2D eigenvalue weighted by molar-refractivity contribution is 5.87. The molecule has 2 atom stereocenters. The van der Waals surface area contributed by atoms with Gasteiger partial charge in [0.2, 0.25) is 11.9 Å². The lowest BCUT2D eigenvalue weighted by Crippen LogP contribution is -2.38. The number of fused-ring (bicyclic) bond motifs is 1. The first-order chi connectivity index (χ1) is 18.9. The number of amides is 1. The lowest BCUT2D eigenvalue weighted by atomic mass is 9.81. The van der Waals surface area contributed by atoms with Crippen LogP contribution in [0.1, 0.15) is 44.1 Å². The topological polar surface area (TPSA) is 112 Å². The molecule has 0 bridgehead atoms. The smallest absolute Gasteiger partial charge is 0.274 e. The fraction of sp³-hybridized carbons (Fsp3) is 0.379. The number of methoxy groups -OCH3 is 1. The molecule has 3 aromatic heterocycles. The Morgan fingerprint density at radius 1 is 1.10 bits per heavy atom. The Balaban J connectivity index is 1.27. The van der Waals surface area contributed by atoms with Crippen LogP contribution in [0.15, 0.2) is 53.6 Å². The summed E-state index contributed by atoms with van der Waals surface area (Å²) in [5, 5.41) is 5.98. The fourth-order valence-electron chi connectivity index (χ4n) is 5.16. The summed E-state index contributed by atoms with van der Waals surface area (Å²) >= 11 is 0. The summed E-state index contributed by atoms with van der Waals surface area (Å²) in [5.74, 6) is 2.83. The van der Waals surface area contributed by atoms with Gasteiger partial charge in [0.25, 0.3) is 5.56 Å². The largest absolute Gasteiger partial charge is 0.457 e. The van der Waals surface area contributed by atoms with Crippen LogP contribution in [0.3, 0.4) is 0 Å². The highest BCUT2D eigenvalue weighted by atomic mass is 16.5. The van der Waals surface area contributed by atoms with Gasteiger partial charge in [0.05, 0.1) is 17.1 Å². The van der Waals surface area contributed by atoms with E-state index in [1.165, 1.54) is 12.5 Å². The SMILES string of the molecule is CO[C@H]1CCC1Cn1cc(C2CC2)cc(Nc2nc3ccc(Oc4ccnc(NC(C)=O)c4)cc3n2C)c1=O. The molecule has 0 saturated heterocycles. The van der Waals surface area contributed by atoms with Crippen LogP contribution in [-0.2, 0) is 23.1 Å². The molecule has 2 fully saturated rings. The summed E-state index contributed by atoms with van der Waals surface area (Å²) in [4.78, 5) is 33.7. The van der Waals surface area contributed by atoms with Crippen molar-refractivity contribution in [3.05, 3.63) is 64.7 Å².